The minimum absolute atomic E-state index is 0.0172. The highest BCUT2D eigenvalue weighted by Crippen LogP contribution is 2.18. The monoisotopic (exact) mass is 220 g/mol. The van der Waals surface area contributed by atoms with Crippen molar-refractivity contribution in [1.29, 1.82) is 5.26 Å². The van der Waals surface area contributed by atoms with Gasteiger partial charge in [0.2, 0.25) is 0 Å². The van der Waals surface area contributed by atoms with Crippen LogP contribution < -0.4 is 10.1 Å². The predicted molar refractivity (Wildman–Crippen MR) is 61.1 cm³/mol. The molecule has 4 heteroatoms. The highest BCUT2D eigenvalue weighted by Gasteiger charge is 2.09. The molecular formula is C12H16N2O2. The van der Waals surface area contributed by atoms with Crippen LogP contribution in [0.1, 0.15) is 18.5 Å². The summed E-state index contributed by atoms with van der Waals surface area (Å²) in [4.78, 5) is 0. The summed E-state index contributed by atoms with van der Waals surface area (Å²) in [5, 5.41) is 20.6. The van der Waals surface area contributed by atoms with E-state index in [1.165, 1.54) is 0 Å². The van der Waals surface area contributed by atoms with Crippen LogP contribution in [-0.2, 0) is 0 Å². The van der Waals surface area contributed by atoms with Crippen LogP contribution >= 0.6 is 0 Å². The van der Waals surface area contributed by atoms with Crippen molar-refractivity contribution < 1.29 is 9.84 Å². The Labute approximate surface area is 95.5 Å². The maximum absolute atomic E-state index is 8.99. The first-order valence-electron chi connectivity index (χ1n) is 5.28. The van der Waals surface area contributed by atoms with Crippen LogP contribution in [0.3, 0.4) is 0 Å². The maximum atomic E-state index is 8.99. The summed E-state index contributed by atoms with van der Waals surface area (Å²) in [6, 6.07) is 9.14. The topological polar surface area (TPSA) is 65.3 Å². The molecule has 0 fully saturated rings. The average molecular weight is 220 g/mol. The molecule has 16 heavy (non-hydrogen) atoms. The molecular weight excluding hydrogens is 204 g/mol. The molecule has 0 bridgehead atoms. The molecule has 4 nitrogen and oxygen atoms in total. The van der Waals surface area contributed by atoms with Crippen LogP contribution in [0.25, 0.3) is 0 Å². The molecule has 86 valence electrons. The second-order valence-electron chi connectivity index (χ2n) is 3.25. The lowest BCUT2D eigenvalue weighted by Gasteiger charge is -2.12. The summed E-state index contributed by atoms with van der Waals surface area (Å²) in [6.45, 7) is 2.93. The number of aliphatic hydroxyl groups excluding tert-OH is 1. The largest absolute Gasteiger partial charge is 0.494 e. The van der Waals surface area contributed by atoms with Crippen molar-refractivity contribution in [3.63, 3.8) is 0 Å². The van der Waals surface area contributed by atoms with E-state index in [4.69, 9.17) is 15.1 Å². The number of benzene rings is 1. The summed E-state index contributed by atoms with van der Waals surface area (Å²) >= 11 is 0. The Bertz CT molecular complexity index is 360. The number of nitrogens with zero attached hydrogens (tertiary/aromatic N) is 1. The standard InChI is InChI=1S/C12H16N2O2/c1-2-16-11-5-3-4-10(8-11)12(9-13)14-6-7-15/h3-5,8,12,14-15H,2,6-7H2,1H3. The van der Waals surface area contributed by atoms with Gasteiger partial charge in [-0.15, -0.1) is 0 Å². The van der Waals surface area contributed by atoms with Crippen molar-refractivity contribution in [3.8, 4) is 11.8 Å². The lowest BCUT2D eigenvalue weighted by molar-refractivity contribution is 0.289. The Hall–Kier alpha value is -1.57. The maximum Gasteiger partial charge on any atom is 0.121 e. The fourth-order valence-electron chi connectivity index (χ4n) is 1.40. The first-order valence-corrected chi connectivity index (χ1v) is 5.28. The molecule has 0 radical (unpaired) electrons. The first-order chi connectivity index (χ1) is 7.81. The van der Waals surface area contributed by atoms with Crippen LogP contribution in [0.4, 0.5) is 0 Å². The zero-order valence-corrected chi connectivity index (χ0v) is 9.31. The smallest absolute Gasteiger partial charge is 0.121 e. The van der Waals surface area contributed by atoms with Crippen molar-refractivity contribution in [2.45, 2.75) is 13.0 Å². The summed E-state index contributed by atoms with van der Waals surface area (Å²) < 4.78 is 5.36. The van der Waals surface area contributed by atoms with E-state index in [0.29, 0.717) is 13.2 Å². The van der Waals surface area contributed by atoms with Crippen LogP contribution in [0.5, 0.6) is 5.75 Å². The highest BCUT2D eigenvalue weighted by molar-refractivity contribution is 5.33. The average Bonchev–Trinajstić information content (AvgIpc) is 2.31. The Morgan fingerprint density at radius 2 is 2.38 bits per heavy atom. The Balaban J connectivity index is 2.76. The van der Waals surface area contributed by atoms with Gasteiger partial charge in [-0.25, -0.2) is 0 Å². The molecule has 0 aliphatic rings. The molecule has 1 atom stereocenters. The molecule has 0 aromatic heterocycles. The van der Waals surface area contributed by atoms with Crippen molar-refractivity contribution in [2.24, 2.45) is 0 Å². The van der Waals surface area contributed by atoms with Crippen LogP contribution in [-0.4, -0.2) is 24.9 Å². The third kappa shape index (κ3) is 3.54. The van der Waals surface area contributed by atoms with Gasteiger partial charge < -0.3 is 9.84 Å². The zero-order chi connectivity index (χ0) is 11.8. The number of hydrogen-bond donors (Lipinski definition) is 2. The second kappa shape index (κ2) is 6.83. The molecule has 2 N–H and O–H groups in total. The molecule has 1 aromatic carbocycles. The molecule has 0 spiro atoms. The summed E-state index contributed by atoms with van der Waals surface area (Å²) in [6.07, 6.45) is 0. The molecule has 0 saturated heterocycles. The molecule has 0 aliphatic heterocycles. The van der Waals surface area contributed by atoms with E-state index in [9.17, 15) is 0 Å². The van der Waals surface area contributed by atoms with Crippen LogP contribution in [0, 0.1) is 11.3 Å². The minimum Gasteiger partial charge on any atom is -0.494 e. The number of hydrogen-bond acceptors (Lipinski definition) is 4. The summed E-state index contributed by atoms with van der Waals surface area (Å²) in [5.41, 5.74) is 0.849. The van der Waals surface area contributed by atoms with Gasteiger partial charge in [0.05, 0.1) is 19.3 Å². The van der Waals surface area contributed by atoms with E-state index in [0.717, 1.165) is 11.3 Å². The normalized spacial score (nSPS) is 11.8. The van der Waals surface area contributed by atoms with Gasteiger partial charge in [0.1, 0.15) is 11.8 Å². The van der Waals surface area contributed by atoms with Crippen LogP contribution in [0.2, 0.25) is 0 Å². The summed E-state index contributed by atoms with van der Waals surface area (Å²) in [7, 11) is 0. The number of aliphatic hydroxyl groups is 1. The van der Waals surface area contributed by atoms with E-state index in [2.05, 4.69) is 11.4 Å². The third-order valence-electron chi connectivity index (χ3n) is 2.09. The Morgan fingerprint density at radius 3 is 3.00 bits per heavy atom. The van der Waals surface area contributed by atoms with Gasteiger partial charge >= 0.3 is 0 Å². The number of nitrogens with one attached hydrogen (secondary N) is 1. The van der Waals surface area contributed by atoms with Gasteiger partial charge in [-0.3, -0.25) is 5.32 Å². The van der Waals surface area contributed by atoms with Crippen molar-refractivity contribution in [1.82, 2.24) is 5.32 Å². The van der Waals surface area contributed by atoms with E-state index in [-0.39, 0.29) is 6.61 Å². The predicted octanol–water partition coefficient (Wildman–Crippen LogP) is 1.23. The molecule has 0 saturated carbocycles. The van der Waals surface area contributed by atoms with E-state index in [1.54, 1.807) is 0 Å². The van der Waals surface area contributed by atoms with Gasteiger partial charge in [-0.05, 0) is 24.6 Å². The first kappa shape index (κ1) is 12.5. The van der Waals surface area contributed by atoms with Gasteiger partial charge in [0.25, 0.3) is 0 Å². The van der Waals surface area contributed by atoms with Crippen LogP contribution in [0.15, 0.2) is 24.3 Å². The SMILES string of the molecule is CCOc1cccc(C(C#N)NCCO)c1. The minimum atomic E-state index is -0.410. The van der Waals surface area contributed by atoms with Gasteiger partial charge in [-0.2, -0.15) is 5.26 Å². The highest BCUT2D eigenvalue weighted by atomic mass is 16.5. The quantitative estimate of drug-likeness (QED) is 0.756. The Kier molecular flexibility index (Phi) is 5.34. The number of rotatable bonds is 6. The van der Waals surface area contributed by atoms with E-state index >= 15 is 0 Å². The molecule has 0 heterocycles. The zero-order valence-electron chi connectivity index (χ0n) is 9.31. The summed E-state index contributed by atoms with van der Waals surface area (Å²) in [5.74, 6) is 0.756. The van der Waals surface area contributed by atoms with Gasteiger partial charge in [-0.1, -0.05) is 12.1 Å². The van der Waals surface area contributed by atoms with Gasteiger partial charge in [0.15, 0.2) is 0 Å². The van der Waals surface area contributed by atoms with Crippen molar-refractivity contribution in [2.75, 3.05) is 19.8 Å². The molecule has 1 unspecified atom stereocenters. The van der Waals surface area contributed by atoms with E-state index < -0.39 is 6.04 Å². The van der Waals surface area contributed by atoms with Gasteiger partial charge in [0, 0.05) is 6.54 Å². The molecule has 1 aromatic rings. The lowest BCUT2D eigenvalue weighted by Crippen LogP contribution is -2.23. The lowest BCUT2D eigenvalue weighted by atomic mass is 10.1. The number of nitriles is 1. The molecule has 0 amide bonds. The van der Waals surface area contributed by atoms with Crippen molar-refractivity contribution in [3.05, 3.63) is 29.8 Å². The fraction of sp³-hybridized carbons (Fsp3) is 0.417. The number of ether oxygens (including phenoxy) is 1. The van der Waals surface area contributed by atoms with E-state index in [1.807, 2.05) is 31.2 Å². The molecule has 0 aliphatic carbocycles. The molecule has 1 rings (SSSR count). The van der Waals surface area contributed by atoms with Crippen molar-refractivity contribution >= 4 is 0 Å². The second-order valence-corrected chi connectivity index (χ2v) is 3.25. The Morgan fingerprint density at radius 1 is 1.56 bits per heavy atom. The fourth-order valence-corrected chi connectivity index (χ4v) is 1.40. The third-order valence-corrected chi connectivity index (χ3v) is 2.09.